The summed E-state index contributed by atoms with van der Waals surface area (Å²) in [5.74, 6) is -2.64. The Balaban J connectivity index is 0.00000529. The Kier molecular flexibility index (Phi) is 12.6. The van der Waals surface area contributed by atoms with Gasteiger partial charge >= 0.3 is 29.6 Å². The Morgan fingerprint density at radius 3 is 2.02 bits per heavy atom. The number of hydrogen-bond donors (Lipinski definition) is 3. The molecule has 0 saturated carbocycles. The van der Waals surface area contributed by atoms with E-state index < -0.39 is 36.3 Å². The number of aliphatic hydroxyl groups is 2. The standard InChI is InChI=1S/C34H34F2N2O5.Na/c1-21(2)38-29(17-16-27(39)18-28(40)19-30(41)42)31(24-10-14-26(36)15-11-24)32(23-6-4-3-5-7-23)33(38)34(43)37-20-22-8-12-25(35)13-9-22;/h3-17,21,27-28,39-40H,18-20H2,1-2H3,(H,37,43)(H,41,42);/q;+1/p-1/t27-,28+;/m0./s1. The molecule has 4 aromatic rings. The molecule has 0 aliphatic rings. The van der Waals surface area contributed by atoms with E-state index in [0.29, 0.717) is 33.6 Å². The van der Waals surface area contributed by atoms with Crippen molar-refractivity contribution in [1.29, 1.82) is 0 Å². The maximum Gasteiger partial charge on any atom is 1.00 e. The summed E-state index contributed by atoms with van der Waals surface area (Å²) < 4.78 is 29.3. The van der Waals surface area contributed by atoms with Gasteiger partial charge in [0.2, 0.25) is 0 Å². The quantitative estimate of drug-likeness (QED) is 0.212. The van der Waals surface area contributed by atoms with Crippen molar-refractivity contribution in [3.63, 3.8) is 0 Å². The average Bonchev–Trinajstić information content (AvgIpc) is 3.31. The van der Waals surface area contributed by atoms with Crippen molar-refractivity contribution >= 4 is 18.0 Å². The number of carboxylic acid groups (broad SMARTS) is 1. The zero-order chi connectivity index (χ0) is 31.1. The number of aliphatic carboxylic acids is 1. The fourth-order valence-corrected chi connectivity index (χ4v) is 5.03. The number of aromatic nitrogens is 1. The smallest absolute Gasteiger partial charge is 0.550 e. The normalized spacial score (nSPS) is 12.6. The molecule has 0 spiro atoms. The zero-order valence-electron chi connectivity index (χ0n) is 24.8. The number of benzene rings is 3. The van der Waals surface area contributed by atoms with Crippen LogP contribution in [0.1, 0.15) is 54.5 Å². The molecule has 44 heavy (non-hydrogen) atoms. The molecule has 224 valence electrons. The first-order chi connectivity index (χ1) is 20.5. The Morgan fingerprint density at radius 2 is 1.45 bits per heavy atom. The maximum atomic E-state index is 14.0. The van der Waals surface area contributed by atoms with Crippen molar-refractivity contribution in [3.8, 4) is 22.3 Å². The molecular formula is C34H33F2N2NaO5. The molecule has 0 aliphatic heterocycles. The van der Waals surface area contributed by atoms with Gasteiger partial charge in [0, 0.05) is 48.2 Å². The van der Waals surface area contributed by atoms with E-state index in [9.17, 15) is 33.7 Å². The number of rotatable bonds is 12. The molecule has 0 saturated heterocycles. The first-order valence-corrected chi connectivity index (χ1v) is 13.9. The van der Waals surface area contributed by atoms with Crippen LogP contribution in [0.5, 0.6) is 0 Å². The molecule has 4 rings (SSSR count). The molecule has 1 heterocycles. The second-order valence-electron chi connectivity index (χ2n) is 10.5. The Hall–Kier alpha value is -3.60. The van der Waals surface area contributed by atoms with E-state index in [-0.39, 0.29) is 54.4 Å². The van der Waals surface area contributed by atoms with Crippen molar-refractivity contribution < 1.29 is 63.2 Å². The van der Waals surface area contributed by atoms with Gasteiger partial charge in [-0.05, 0) is 60.9 Å². The Labute approximate surface area is 277 Å². The fraction of sp³-hybridized carbons (Fsp3) is 0.235. The van der Waals surface area contributed by atoms with E-state index >= 15 is 0 Å². The minimum atomic E-state index is -1.43. The van der Waals surface area contributed by atoms with E-state index in [2.05, 4.69) is 5.32 Å². The average molecular weight is 611 g/mol. The number of nitrogens with one attached hydrogen (secondary N) is 1. The van der Waals surface area contributed by atoms with Crippen LogP contribution < -0.4 is 40.0 Å². The van der Waals surface area contributed by atoms with Crippen LogP contribution in [-0.2, 0) is 11.3 Å². The minimum absolute atomic E-state index is 0. The number of carbonyl (C=O) groups is 2. The molecule has 0 radical (unpaired) electrons. The zero-order valence-corrected chi connectivity index (χ0v) is 26.8. The van der Waals surface area contributed by atoms with Crippen LogP contribution in [0.3, 0.4) is 0 Å². The molecule has 1 amide bonds. The van der Waals surface area contributed by atoms with Crippen molar-refractivity contribution in [3.05, 3.63) is 114 Å². The van der Waals surface area contributed by atoms with Gasteiger partial charge in [-0.15, -0.1) is 0 Å². The molecule has 2 atom stereocenters. The third kappa shape index (κ3) is 8.74. The summed E-state index contributed by atoms with van der Waals surface area (Å²) in [6, 6.07) is 20.7. The molecule has 7 nitrogen and oxygen atoms in total. The van der Waals surface area contributed by atoms with Crippen molar-refractivity contribution in [2.24, 2.45) is 0 Å². The summed E-state index contributed by atoms with van der Waals surface area (Å²) >= 11 is 0. The third-order valence-electron chi connectivity index (χ3n) is 6.93. The Bertz CT molecular complexity index is 1590. The van der Waals surface area contributed by atoms with Gasteiger partial charge in [0.25, 0.3) is 5.91 Å². The van der Waals surface area contributed by atoms with E-state index in [1.165, 1.54) is 30.3 Å². The SMILES string of the molecule is CC(C)n1c(C=C[C@H](O)C[C@@H](O)CC(=O)[O-])c(-c2ccc(F)cc2)c(-c2ccccc2)c1C(=O)NCc1ccc(F)cc1.[Na+]. The number of nitrogens with zero attached hydrogens (tertiary/aromatic N) is 1. The molecule has 0 aliphatic carbocycles. The van der Waals surface area contributed by atoms with Gasteiger partial charge in [0.1, 0.15) is 17.3 Å². The van der Waals surface area contributed by atoms with E-state index in [0.717, 1.165) is 5.56 Å². The van der Waals surface area contributed by atoms with Crippen molar-refractivity contribution in [2.45, 2.75) is 51.5 Å². The van der Waals surface area contributed by atoms with Gasteiger partial charge in [-0.2, -0.15) is 0 Å². The number of amides is 1. The van der Waals surface area contributed by atoms with E-state index in [4.69, 9.17) is 0 Å². The van der Waals surface area contributed by atoms with Crippen LogP contribution in [0.25, 0.3) is 28.3 Å². The van der Waals surface area contributed by atoms with Crippen LogP contribution in [0.2, 0.25) is 0 Å². The number of carbonyl (C=O) groups excluding carboxylic acids is 2. The third-order valence-corrected chi connectivity index (χ3v) is 6.93. The van der Waals surface area contributed by atoms with Crippen LogP contribution >= 0.6 is 0 Å². The number of halogens is 2. The Morgan fingerprint density at radius 1 is 0.886 bits per heavy atom. The fourth-order valence-electron chi connectivity index (χ4n) is 5.03. The number of aliphatic hydroxyl groups excluding tert-OH is 2. The first kappa shape index (κ1) is 34.9. The first-order valence-electron chi connectivity index (χ1n) is 13.9. The molecule has 3 aromatic carbocycles. The van der Waals surface area contributed by atoms with Crippen LogP contribution in [0, 0.1) is 11.6 Å². The van der Waals surface area contributed by atoms with Gasteiger partial charge in [-0.1, -0.05) is 60.7 Å². The monoisotopic (exact) mass is 610 g/mol. The minimum Gasteiger partial charge on any atom is -0.550 e. The summed E-state index contributed by atoms with van der Waals surface area (Å²) in [5.41, 5.74) is 4.13. The molecule has 0 unspecified atom stereocenters. The van der Waals surface area contributed by atoms with Crippen molar-refractivity contribution in [1.82, 2.24) is 9.88 Å². The summed E-state index contributed by atoms with van der Waals surface area (Å²) in [6.45, 7) is 3.94. The van der Waals surface area contributed by atoms with Gasteiger partial charge in [0.05, 0.1) is 12.2 Å². The predicted octanol–water partition coefficient (Wildman–Crippen LogP) is 1.88. The van der Waals surface area contributed by atoms with Crippen LogP contribution in [0.4, 0.5) is 8.78 Å². The van der Waals surface area contributed by atoms with Gasteiger partial charge in [-0.3, -0.25) is 4.79 Å². The second-order valence-corrected chi connectivity index (χ2v) is 10.5. The summed E-state index contributed by atoms with van der Waals surface area (Å²) in [4.78, 5) is 24.9. The van der Waals surface area contributed by atoms with Crippen molar-refractivity contribution in [2.75, 3.05) is 0 Å². The largest absolute Gasteiger partial charge is 1.00 e. The molecule has 0 fully saturated rings. The molecule has 10 heteroatoms. The molecule has 0 bridgehead atoms. The molecule has 1 aromatic heterocycles. The van der Waals surface area contributed by atoms with Gasteiger partial charge in [-0.25, -0.2) is 8.78 Å². The molecule has 3 N–H and O–H groups in total. The van der Waals surface area contributed by atoms with Crippen LogP contribution in [-0.4, -0.2) is 38.9 Å². The van der Waals surface area contributed by atoms with E-state index in [1.54, 1.807) is 30.3 Å². The summed E-state index contributed by atoms with van der Waals surface area (Å²) in [7, 11) is 0. The van der Waals surface area contributed by atoms with E-state index in [1.807, 2.05) is 48.7 Å². The maximum absolute atomic E-state index is 14.0. The van der Waals surface area contributed by atoms with Gasteiger partial charge < -0.3 is 30.0 Å². The number of carboxylic acids is 1. The second kappa shape index (κ2) is 15.9. The van der Waals surface area contributed by atoms with Crippen LogP contribution in [0.15, 0.2) is 84.9 Å². The summed E-state index contributed by atoms with van der Waals surface area (Å²) in [5, 5.41) is 34.4. The number of hydrogen-bond acceptors (Lipinski definition) is 5. The molecular weight excluding hydrogens is 577 g/mol. The van der Waals surface area contributed by atoms with Gasteiger partial charge in [0.15, 0.2) is 0 Å². The topological polar surface area (TPSA) is 115 Å². The predicted molar refractivity (Wildman–Crippen MR) is 159 cm³/mol. The summed E-state index contributed by atoms with van der Waals surface area (Å²) in [6.07, 6.45) is -0.333.